The number of benzene rings is 3. The van der Waals surface area contributed by atoms with Gasteiger partial charge in [-0.2, -0.15) is 0 Å². The molecule has 0 saturated carbocycles. The number of aromatic amines is 1. The molecule has 1 aliphatic heterocycles. The van der Waals surface area contributed by atoms with Crippen LogP contribution in [0.2, 0.25) is 0 Å². The highest BCUT2D eigenvalue weighted by molar-refractivity contribution is 5.87. The van der Waals surface area contributed by atoms with Crippen molar-refractivity contribution in [2.75, 3.05) is 13.7 Å². The molecule has 2 heterocycles. The van der Waals surface area contributed by atoms with E-state index in [9.17, 15) is 4.79 Å². The lowest BCUT2D eigenvalue weighted by Gasteiger charge is -2.30. The minimum absolute atomic E-state index is 0.159. The first kappa shape index (κ1) is 20.3. The number of aromatic nitrogens is 1. The van der Waals surface area contributed by atoms with Crippen LogP contribution < -0.4 is 10.1 Å². The molecule has 0 saturated heterocycles. The van der Waals surface area contributed by atoms with Crippen molar-refractivity contribution in [3.63, 3.8) is 0 Å². The van der Waals surface area contributed by atoms with Gasteiger partial charge < -0.3 is 14.5 Å². The van der Waals surface area contributed by atoms with Gasteiger partial charge in [0.2, 0.25) is 0 Å². The number of nitrogens with one attached hydrogen (secondary N) is 2. The third-order valence-corrected chi connectivity index (χ3v) is 6.09. The average Bonchev–Trinajstić information content (AvgIpc) is 3.22. The van der Waals surface area contributed by atoms with Crippen LogP contribution in [0.3, 0.4) is 0 Å². The van der Waals surface area contributed by atoms with Crippen LogP contribution in [-0.2, 0) is 22.4 Å². The molecule has 0 bridgehead atoms. The Morgan fingerprint density at radius 2 is 1.81 bits per heavy atom. The molecule has 0 amide bonds. The summed E-state index contributed by atoms with van der Waals surface area (Å²) >= 11 is 0. The molecule has 2 unspecified atom stereocenters. The Balaban J connectivity index is 1.43. The van der Waals surface area contributed by atoms with Crippen LogP contribution in [0.4, 0.5) is 0 Å². The highest BCUT2D eigenvalue weighted by Gasteiger charge is 2.34. The maximum absolute atomic E-state index is 12.4. The number of methoxy groups -OCH3 is 1. The molecule has 0 radical (unpaired) electrons. The SMILES string of the molecule is COC(=O)C1Cc2c([nH]c3ccccc23)C(c2cccc(OCCc3ccccc3)c2)N1. The van der Waals surface area contributed by atoms with Gasteiger partial charge >= 0.3 is 5.97 Å². The first-order valence-electron chi connectivity index (χ1n) is 10.9. The topological polar surface area (TPSA) is 63.4 Å². The van der Waals surface area contributed by atoms with Crippen molar-refractivity contribution >= 4 is 16.9 Å². The molecule has 0 aliphatic carbocycles. The van der Waals surface area contributed by atoms with Gasteiger partial charge in [-0.15, -0.1) is 0 Å². The first-order valence-corrected chi connectivity index (χ1v) is 10.9. The second kappa shape index (κ2) is 8.89. The molecule has 5 rings (SSSR count). The molecule has 0 fully saturated rings. The van der Waals surface area contributed by atoms with Gasteiger partial charge in [0.25, 0.3) is 0 Å². The van der Waals surface area contributed by atoms with Crippen LogP contribution in [0.25, 0.3) is 10.9 Å². The molecule has 32 heavy (non-hydrogen) atoms. The normalized spacial score (nSPS) is 17.7. The van der Waals surface area contributed by atoms with E-state index in [1.807, 2.05) is 42.5 Å². The highest BCUT2D eigenvalue weighted by atomic mass is 16.5. The van der Waals surface area contributed by atoms with E-state index in [2.05, 4.69) is 46.7 Å². The van der Waals surface area contributed by atoms with Crippen molar-refractivity contribution in [3.05, 3.63) is 101 Å². The van der Waals surface area contributed by atoms with E-state index in [1.54, 1.807) is 0 Å². The largest absolute Gasteiger partial charge is 0.493 e. The Morgan fingerprint density at radius 1 is 1.00 bits per heavy atom. The number of carbonyl (C=O) groups is 1. The average molecular weight is 427 g/mol. The van der Waals surface area contributed by atoms with Gasteiger partial charge in [0.1, 0.15) is 11.8 Å². The van der Waals surface area contributed by atoms with Gasteiger partial charge in [-0.05, 0) is 34.9 Å². The van der Waals surface area contributed by atoms with E-state index in [0.29, 0.717) is 13.0 Å². The van der Waals surface area contributed by atoms with Crippen molar-refractivity contribution in [2.24, 2.45) is 0 Å². The lowest BCUT2D eigenvalue weighted by molar-refractivity contribution is -0.143. The summed E-state index contributed by atoms with van der Waals surface area (Å²) in [5.41, 5.74) is 5.62. The summed E-state index contributed by atoms with van der Waals surface area (Å²) in [5, 5.41) is 4.64. The van der Waals surface area contributed by atoms with Crippen molar-refractivity contribution in [2.45, 2.75) is 24.9 Å². The Morgan fingerprint density at radius 3 is 2.66 bits per heavy atom. The van der Waals surface area contributed by atoms with E-state index in [0.717, 1.165) is 39.9 Å². The van der Waals surface area contributed by atoms with Gasteiger partial charge in [0.15, 0.2) is 0 Å². The van der Waals surface area contributed by atoms with Gasteiger partial charge in [0, 0.05) is 29.4 Å². The summed E-state index contributed by atoms with van der Waals surface area (Å²) in [4.78, 5) is 16.0. The summed E-state index contributed by atoms with van der Waals surface area (Å²) in [6, 6.07) is 26.1. The predicted molar refractivity (Wildman–Crippen MR) is 125 cm³/mol. The van der Waals surface area contributed by atoms with Gasteiger partial charge in [-0.25, -0.2) is 0 Å². The minimum atomic E-state index is -0.403. The summed E-state index contributed by atoms with van der Waals surface area (Å²) in [6.45, 7) is 0.605. The van der Waals surface area contributed by atoms with Gasteiger partial charge in [-0.3, -0.25) is 10.1 Å². The number of fused-ring (bicyclic) bond motifs is 3. The Bertz CT molecular complexity index is 1230. The van der Waals surface area contributed by atoms with Crippen LogP contribution in [0, 0.1) is 0 Å². The maximum atomic E-state index is 12.4. The fraction of sp³-hybridized carbons (Fsp3) is 0.222. The fourth-order valence-corrected chi connectivity index (χ4v) is 4.51. The van der Waals surface area contributed by atoms with Gasteiger partial charge in [-0.1, -0.05) is 60.7 Å². The molecule has 0 spiro atoms. The molecule has 2 N–H and O–H groups in total. The minimum Gasteiger partial charge on any atom is -0.493 e. The summed E-state index contributed by atoms with van der Waals surface area (Å²) in [7, 11) is 1.44. The van der Waals surface area contributed by atoms with E-state index in [-0.39, 0.29) is 12.0 Å². The molecule has 3 aromatic carbocycles. The highest BCUT2D eigenvalue weighted by Crippen LogP contribution is 2.36. The Kier molecular flexibility index (Phi) is 5.65. The van der Waals surface area contributed by atoms with E-state index in [1.165, 1.54) is 12.7 Å². The number of esters is 1. The smallest absolute Gasteiger partial charge is 0.323 e. The second-order valence-electron chi connectivity index (χ2n) is 8.10. The third-order valence-electron chi connectivity index (χ3n) is 6.09. The van der Waals surface area contributed by atoms with Crippen molar-refractivity contribution in [1.82, 2.24) is 10.3 Å². The standard InChI is InChI=1S/C27H26N2O3/c1-31-27(30)24-17-22-21-12-5-6-13-23(21)28-26(22)25(29-24)19-10-7-11-20(16-19)32-15-14-18-8-3-2-4-9-18/h2-13,16,24-25,28-29H,14-15,17H2,1H3. The molecule has 162 valence electrons. The first-order chi connectivity index (χ1) is 15.7. The number of para-hydroxylation sites is 1. The Hall–Kier alpha value is -3.57. The number of rotatable bonds is 6. The zero-order valence-corrected chi connectivity index (χ0v) is 18.0. The lowest BCUT2D eigenvalue weighted by Crippen LogP contribution is -2.45. The summed E-state index contributed by atoms with van der Waals surface area (Å²) < 4.78 is 11.1. The fourth-order valence-electron chi connectivity index (χ4n) is 4.51. The zero-order chi connectivity index (χ0) is 21.9. The number of H-pyrrole nitrogens is 1. The van der Waals surface area contributed by atoms with E-state index < -0.39 is 6.04 Å². The molecule has 5 heteroatoms. The van der Waals surface area contributed by atoms with Crippen molar-refractivity contribution in [3.8, 4) is 5.75 Å². The number of carbonyl (C=O) groups excluding carboxylic acids is 1. The number of hydrogen-bond acceptors (Lipinski definition) is 4. The molecule has 5 nitrogen and oxygen atoms in total. The predicted octanol–water partition coefficient (Wildman–Crippen LogP) is 4.57. The van der Waals surface area contributed by atoms with Gasteiger partial charge in [0.05, 0.1) is 19.8 Å². The molecule has 1 aromatic heterocycles. The Labute approximate surface area is 187 Å². The third kappa shape index (κ3) is 3.99. The van der Waals surface area contributed by atoms with Crippen LogP contribution in [0.1, 0.15) is 28.4 Å². The molecule has 2 atom stereocenters. The van der Waals surface area contributed by atoms with E-state index >= 15 is 0 Å². The summed E-state index contributed by atoms with van der Waals surface area (Å²) in [5.74, 6) is 0.569. The number of ether oxygens (including phenoxy) is 2. The second-order valence-corrected chi connectivity index (χ2v) is 8.10. The quantitative estimate of drug-likeness (QED) is 0.444. The maximum Gasteiger partial charge on any atom is 0.323 e. The monoisotopic (exact) mass is 426 g/mol. The van der Waals surface area contributed by atoms with Crippen LogP contribution >= 0.6 is 0 Å². The van der Waals surface area contributed by atoms with Crippen molar-refractivity contribution < 1.29 is 14.3 Å². The summed E-state index contributed by atoms with van der Waals surface area (Å²) in [6.07, 6.45) is 1.44. The van der Waals surface area contributed by atoms with Crippen molar-refractivity contribution in [1.29, 1.82) is 0 Å². The molecule has 1 aliphatic rings. The number of hydrogen-bond donors (Lipinski definition) is 2. The lowest BCUT2D eigenvalue weighted by atomic mass is 9.90. The molecular formula is C27H26N2O3. The molecule has 4 aromatic rings. The van der Waals surface area contributed by atoms with Crippen LogP contribution in [0.15, 0.2) is 78.9 Å². The molecular weight excluding hydrogens is 400 g/mol. The van der Waals surface area contributed by atoms with Crippen LogP contribution in [-0.4, -0.2) is 30.7 Å². The van der Waals surface area contributed by atoms with Crippen LogP contribution in [0.5, 0.6) is 5.75 Å². The van der Waals surface area contributed by atoms with E-state index in [4.69, 9.17) is 9.47 Å². The zero-order valence-electron chi connectivity index (χ0n) is 18.0.